The van der Waals surface area contributed by atoms with Crippen LogP contribution >= 0.6 is 24.0 Å². The molecule has 0 radical (unpaired) electrons. The number of nitrogens with one attached hydrogen (secondary N) is 1. The zero-order valence-corrected chi connectivity index (χ0v) is 8.44. The second-order valence-corrected chi connectivity index (χ2v) is 4.09. The van der Waals surface area contributed by atoms with Gasteiger partial charge in [0.25, 0.3) is 0 Å². The van der Waals surface area contributed by atoms with Crippen molar-refractivity contribution >= 4 is 34.0 Å². The second-order valence-electron chi connectivity index (χ2n) is 2.51. The minimum absolute atomic E-state index is 0.770. The van der Waals surface area contributed by atoms with Crippen molar-refractivity contribution in [2.45, 2.75) is 0 Å². The van der Waals surface area contributed by atoms with E-state index in [9.17, 15) is 0 Å². The SMILES string of the molecule is S=C1NN(c2ccccc2)C=CS1. The molecule has 13 heavy (non-hydrogen) atoms. The largest absolute Gasteiger partial charge is 0.278 e. The van der Waals surface area contributed by atoms with E-state index in [0.29, 0.717) is 0 Å². The van der Waals surface area contributed by atoms with Gasteiger partial charge in [0.05, 0.1) is 5.69 Å². The van der Waals surface area contributed by atoms with Crippen LogP contribution in [0.3, 0.4) is 0 Å². The summed E-state index contributed by atoms with van der Waals surface area (Å²) >= 11 is 6.56. The second kappa shape index (κ2) is 3.81. The molecule has 0 saturated heterocycles. The average Bonchev–Trinajstić information content (AvgIpc) is 2.19. The van der Waals surface area contributed by atoms with E-state index in [1.165, 1.54) is 11.8 Å². The molecule has 0 bridgehead atoms. The highest BCUT2D eigenvalue weighted by Gasteiger charge is 2.07. The molecule has 0 aliphatic carbocycles. The summed E-state index contributed by atoms with van der Waals surface area (Å²) in [6.07, 6.45) is 1.95. The van der Waals surface area contributed by atoms with Gasteiger partial charge in [0.2, 0.25) is 0 Å². The lowest BCUT2D eigenvalue weighted by molar-refractivity contribution is 0.946. The fourth-order valence-corrected chi connectivity index (χ4v) is 1.78. The molecule has 1 aromatic rings. The summed E-state index contributed by atoms with van der Waals surface area (Å²) < 4.78 is 0.770. The summed E-state index contributed by atoms with van der Waals surface area (Å²) in [6, 6.07) is 10.0. The van der Waals surface area contributed by atoms with Crippen molar-refractivity contribution in [1.29, 1.82) is 0 Å². The van der Waals surface area contributed by atoms with E-state index in [-0.39, 0.29) is 0 Å². The minimum atomic E-state index is 0.770. The van der Waals surface area contributed by atoms with Crippen LogP contribution in [0.5, 0.6) is 0 Å². The molecule has 0 atom stereocenters. The number of anilines is 1. The Morgan fingerprint density at radius 1 is 1.23 bits per heavy atom. The quantitative estimate of drug-likeness (QED) is 0.713. The van der Waals surface area contributed by atoms with Crippen molar-refractivity contribution < 1.29 is 0 Å². The molecule has 0 aromatic heterocycles. The summed E-state index contributed by atoms with van der Waals surface area (Å²) in [5.41, 5.74) is 4.16. The molecule has 0 saturated carbocycles. The normalized spacial score (nSPS) is 15.7. The van der Waals surface area contributed by atoms with Gasteiger partial charge in [-0.3, -0.25) is 10.4 Å². The van der Waals surface area contributed by atoms with Crippen LogP contribution < -0.4 is 10.4 Å². The number of hydrogen-bond donors (Lipinski definition) is 1. The molecule has 1 N–H and O–H groups in total. The van der Waals surface area contributed by atoms with Gasteiger partial charge in [-0.05, 0) is 17.5 Å². The summed E-state index contributed by atoms with van der Waals surface area (Å²) in [5, 5.41) is 3.87. The molecule has 1 heterocycles. The van der Waals surface area contributed by atoms with Crippen molar-refractivity contribution in [3.8, 4) is 0 Å². The van der Waals surface area contributed by atoms with Crippen molar-refractivity contribution in [1.82, 2.24) is 5.43 Å². The van der Waals surface area contributed by atoms with E-state index in [2.05, 4.69) is 5.43 Å². The van der Waals surface area contributed by atoms with Crippen molar-refractivity contribution in [2.75, 3.05) is 5.01 Å². The number of thioether (sulfide) groups is 1. The number of para-hydroxylation sites is 1. The Morgan fingerprint density at radius 2 is 2.00 bits per heavy atom. The zero-order valence-electron chi connectivity index (χ0n) is 6.81. The molecule has 2 nitrogen and oxygen atoms in total. The highest BCUT2D eigenvalue weighted by Crippen LogP contribution is 2.17. The van der Waals surface area contributed by atoms with Gasteiger partial charge in [-0.1, -0.05) is 42.2 Å². The first-order valence-corrected chi connectivity index (χ1v) is 5.13. The molecular weight excluding hydrogens is 200 g/mol. The van der Waals surface area contributed by atoms with Crippen LogP contribution in [-0.2, 0) is 0 Å². The monoisotopic (exact) mass is 208 g/mol. The van der Waals surface area contributed by atoms with E-state index in [4.69, 9.17) is 12.2 Å². The molecule has 0 amide bonds. The lowest BCUT2D eigenvalue weighted by atomic mass is 10.3. The first kappa shape index (κ1) is 8.59. The van der Waals surface area contributed by atoms with Gasteiger partial charge >= 0.3 is 0 Å². The van der Waals surface area contributed by atoms with Gasteiger partial charge in [0.1, 0.15) is 0 Å². The predicted molar refractivity (Wildman–Crippen MR) is 61.4 cm³/mol. The third-order valence-electron chi connectivity index (χ3n) is 1.63. The summed E-state index contributed by atoms with van der Waals surface area (Å²) in [7, 11) is 0. The van der Waals surface area contributed by atoms with Crippen LogP contribution in [0.25, 0.3) is 0 Å². The highest BCUT2D eigenvalue weighted by molar-refractivity contribution is 8.24. The summed E-state index contributed by atoms with van der Waals surface area (Å²) in [6.45, 7) is 0. The molecule has 1 aliphatic heterocycles. The van der Waals surface area contributed by atoms with Gasteiger partial charge in [0.15, 0.2) is 4.32 Å². The molecule has 1 aromatic carbocycles. The summed E-state index contributed by atoms with van der Waals surface area (Å²) in [5.74, 6) is 0. The van der Waals surface area contributed by atoms with Gasteiger partial charge in [-0.2, -0.15) is 0 Å². The Labute approximate surface area is 86.6 Å². The van der Waals surface area contributed by atoms with Crippen LogP contribution in [0.2, 0.25) is 0 Å². The average molecular weight is 208 g/mol. The van der Waals surface area contributed by atoms with Gasteiger partial charge in [0, 0.05) is 6.20 Å². The number of rotatable bonds is 1. The van der Waals surface area contributed by atoms with E-state index in [1.807, 2.05) is 46.9 Å². The third kappa shape index (κ3) is 2.02. The van der Waals surface area contributed by atoms with Gasteiger partial charge in [-0.25, -0.2) is 0 Å². The Kier molecular flexibility index (Phi) is 2.52. The van der Waals surface area contributed by atoms with Crippen LogP contribution in [-0.4, -0.2) is 4.32 Å². The van der Waals surface area contributed by atoms with Gasteiger partial charge in [-0.15, -0.1) is 0 Å². The summed E-state index contributed by atoms with van der Waals surface area (Å²) in [4.78, 5) is 0. The fraction of sp³-hybridized carbons (Fsp3) is 0. The number of hydrogen-bond acceptors (Lipinski definition) is 3. The molecule has 0 fully saturated rings. The van der Waals surface area contributed by atoms with Crippen molar-refractivity contribution in [3.05, 3.63) is 41.9 Å². The highest BCUT2D eigenvalue weighted by atomic mass is 32.2. The number of benzene rings is 1. The minimum Gasteiger partial charge on any atom is -0.278 e. The molecule has 0 unspecified atom stereocenters. The third-order valence-corrected chi connectivity index (χ3v) is 2.57. The Hall–Kier alpha value is -1.00. The zero-order chi connectivity index (χ0) is 9.10. The van der Waals surface area contributed by atoms with Crippen LogP contribution in [0.15, 0.2) is 41.9 Å². The first-order valence-electron chi connectivity index (χ1n) is 3.84. The van der Waals surface area contributed by atoms with E-state index in [0.717, 1.165) is 10.0 Å². The molecule has 1 aliphatic rings. The predicted octanol–water partition coefficient (Wildman–Crippen LogP) is 2.50. The maximum Gasteiger partial charge on any atom is 0.157 e. The Bertz CT molecular complexity index is 335. The van der Waals surface area contributed by atoms with Crippen molar-refractivity contribution in [3.63, 3.8) is 0 Å². The number of nitrogens with zero attached hydrogens (tertiary/aromatic N) is 1. The smallest absolute Gasteiger partial charge is 0.157 e. The van der Waals surface area contributed by atoms with Gasteiger partial charge < -0.3 is 0 Å². The molecule has 2 rings (SSSR count). The van der Waals surface area contributed by atoms with E-state index >= 15 is 0 Å². The van der Waals surface area contributed by atoms with E-state index < -0.39 is 0 Å². The first-order chi connectivity index (χ1) is 6.36. The number of hydrazine groups is 1. The molecular formula is C9H8N2S2. The standard InChI is InChI=1S/C9H8N2S2/c12-9-10-11(6-7-13-9)8-4-2-1-3-5-8/h1-7H,(H,10,12). The molecule has 0 spiro atoms. The van der Waals surface area contributed by atoms with Crippen LogP contribution in [0.4, 0.5) is 5.69 Å². The molecule has 66 valence electrons. The van der Waals surface area contributed by atoms with Crippen LogP contribution in [0, 0.1) is 0 Å². The lowest BCUT2D eigenvalue weighted by Crippen LogP contribution is -2.37. The molecule has 4 heteroatoms. The fourth-order valence-electron chi connectivity index (χ4n) is 1.05. The lowest BCUT2D eigenvalue weighted by Gasteiger charge is -2.24. The Balaban J connectivity index is 2.22. The van der Waals surface area contributed by atoms with Crippen LogP contribution in [0.1, 0.15) is 0 Å². The topological polar surface area (TPSA) is 15.3 Å². The number of thiocarbonyl (C=S) groups is 1. The maximum atomic E-state index is 5.04. The van der Waals surface area contributed by atoms with E-state index in [1.54, 1.807) is 0 Å². The maximum absolute atomic E-state index is 5.04. The Morgan fingerprint density at radius 3 is 2.69 bits per heavy atom. The van der Waals surface area contributed by atoms with Crippen molar-refractivity contribution in [2.24, 2.45) is 0 Å².